The second kappa shape index (κ2) is 12.5. The summed E-state index contributed by atoms with van der Waals surface area (Å²) in [5, 5.41) is 0. The molecule has 0 radical (unpaired) electrons. The van der Waals surface area contributed by atoms with Gasteiger partial charge >= 0.3 is 0 Å². The SMILES string of the molecule is CC(C)(C)c1ccc(N(CCN(c2ccc(C(C)(C)C)cc2)c2ccc(C(C)(C)C)cc2)c2ccc(C(C)(C)C)cc2)cc1. The minimum Gasteiger partial charge on any atom is -0.340 e. The van der Waals surface area contributed by atoms with Gasteiger partial charge in [-0.25, -0.2) is 0 Å². The van der Waals surface area contributed by atoms with Crippen molar-refractivity contribution in [3.8, 4) is 0 Å². The Morgan fingerprint density at radius 3 is 0.591 bits per heavy atom. The summed E-state index contributed by atoms with van der Waals surface area (Å²) in [5.41, 5.74) is 10.7. The van der Waals surface area contributed by atoms with Crippen LogP contribution in [0.5, 0.6) is 0 Å². The third-order valence-electron chi connectivity index (χ3n) is 8.73. The Morgan fingerprint density at radius 2 is 0.455 bits per heavy atom. The smallest absolute Gasteiger partial charge is 0.0411 e. The number of anilines is 4. The first-order chi connectivity index (χ1) is 20.3. The van der Waals surface area contributed by atoms with Crippen LogP contribution in [0.25, 0.3) is 0 Å². The first-order valence-corrected chi connectivity index (χ1v) is 16.3. The monoisotopic (exact) mass is 588 g/mol. The summed E-state index contributed by atoms with van der Waals surface area (Å²) in [6.45, 7) is 29.0. The third-order valence-corrected chi connectivity index (χ3v) is 8.73. The molecule has 234 valence electrons. The van der Waals surface area contributed by atoms with Gasteiger partial charge in [-0.3, -0.25) is 0 Å². The predicted octanol–water partition coefficient (Wildman–Crippen LogP) is 11.9. The molecule has 4 aromatic carbocycles. The van der Waals surface area contributed by atoms with Crippen LogP contribution in [-0.4, -0.2) is 13.1 Å². The summed E-state index contributed by atoms with van der Waals surface area (Å²) in [4.78, 5) is 4.94. The van der Waals surface area contributed by atoms with Gasteiger partial charge in [-0.2, -0.15) is 0 Å². The topological polar surface area (TPSA) is 6.48 Å². The Balaban J connectivity index is 1.74. The molecule has 0 unspecified atom stereocenters. The van der Waals surface area contributed by atoms with Gasteiger partial charge < -0.3 is 9.80 Å². The summed E-state index contributed by atoms with van der Waals surface area (Å²) in [6.07, 6.45) is 0. The van der Waals surface area contributed by atoms with Crippen molar-refractivity contribution in [1.82, 2.24) is 0 Å². The molecule has 2 nitrogen and oxygen atoms in total. The van der Waals surface area contributed by atoms with E-state index >= 15 is 0 Å². The van der Waals surface area contributed by atoms with Crippen LogP contribution in [0.1, 0.15) is 105 Å². The average molecular weight is 589 g/mol. The second-order valence-electron chi connectivity index (χ2n) is 16.5. The van der Waals surface area contributed by atoms with E-state index in [0.717, 1.165) is 13.1 Å². The maximum absolute atomic E-state index is 2.47. The van der Waals surface area contributed by atoms with Gasteiger partial charge in [-0.05, 0) is 92.4 Å². The fourth-order valence-corrected chi connectivity index (χ4v) is 5.58. The van der Waals surface area contributed by atoms with E-state index in [4.69, 9.17) is 0 Å². The van der Waals surface area contributed by atoms with Crippen molar-refractivity contribution in [2.24, 2.45) is 0 Å². The van der Waals surface area contributed by atoms with Crippen LogP contribution in [0.2, 0.25) is 0 Å². The maximum atomic E-state index is 2.47. The molecular weight excluding hydrogens is 532 g/mol. The molecule has 0 saturated heterocycles. The summed E-state index contributed by atoms with van der Waals surface area (Å²) in [7, 11) is 0. The van der Waals surface area contributed by atoms with E-state index in [2.05, 4.69) is 190 Å². The van der Waals surface area contributed by atoms with E-state index in [-0.39, 0.29) is 21.7 Å². The number of hydrogen-bond donors (Lipinski definition) is 0. The van der Waals surface area contributed by atoms with E-state index in [9.17, 15) is 0 Å². The van der Waals surface area contributed by atoms with Crippen molar-refractivity contribution >= 4 is 22.7 Å². The zero-order chi connectivity index (χ0) is 32.5. The molecule has 44 heavy (non-hydrogen) atoms. The molecule has 0 aliphatic carbocycles. The molecule has 4 aromatic rings. The van der Waals surface area contributed by atoms with E-state index in [1.165, 1.54) is 45.0 Å². The fraction of sp³-hybridized carbons (Fsp3) is 0.429. The standard InChI is InChI=1S/C42H56N2/c1-39(2,3)31-13-21-35(22-14-31)43(36-23-15-32(16-24-36)40(4,5)6)29-30-44(37-25-17-33(18-26-37)41(7,8)9)38-27-19-34(20-28-38)42(10,11)12/h13-28H,29-30H2,1-12H3. The second-order valence-corrected chi connectivity index (χ2v) is 16.5. The van der Waals surface area contributed by atoms with Crippen molar-refractivity contribution in [2.75, 3.05) is 22.9 Å². The molecule has 0 saturated carbocycles. The van der Waals surface area contributed by atoms with Gasteiger partial charge in [0.25, 0.3) is 0 Å². The normalized spacial score (nSPS) is 12.7. The zero-order valence-electron chi connectivity index (χ0n) is 29.5. The summed E-state index contributed by atoms with van der Waals surface area (Å²) in [5.74, 6) is 0. The lowest BCUT2D eigenvalue weighted by Gasteiger charge is -2.32. The number of rotatable bonds is 7. The molecule has 0 bridgehead atoms. The van der Waals surface area contributed by atoms with Crippen molar-refractivity contribution in [1.29, 1.82) is 0 Å². The van der Waals surface area contributed by atoms with Gasteiger partial charge in [0.2, 0.25) is 0 Å². The molecule has 0 spiro atoms. The quantitative estimate of drug-likeness (QED) is 0.212. The van der Waals surface area contributed by atoms with Crippen LogP contribution in [0, 0.1) is 0 Å². The van der Waals surface area contributed by atoms with Gasteiger partial charge in [0.15, 0.2) is 0 Å². The average Bonchev–Trinajstić information content (AvgIpc) is 2.94. The molecule has 4 rings (SSSR count). The molecular formula is C42H56N2. The van der Waals surface area contributed by atoms with Crippen LogP contribution in [0.15, 0.2) is 97.1 Å². The van der Waals surface area contributed by atoms with Crippen molar-refractivity contribution in [2.45, 2.75) is 105 Å². The lowest BCUT2D eigenvalue weighted by atomic mass is 9.86. The molecule has 0 atom stereocenters. The summed E-state index contributed by atoms with van der Waals surface area (Å²) in [6, 6.07) is 36.7. The number of benzene rings is 4. The molecule has 0 amide bonds. The largest absolute Gasteiger partial charge is 0.340 e. The van der Waals surface area contributed by atoms with Gasteiger partial charge in [0, 0.05) is 35.8 Å². The van der Waals surface area contributed by atoms with Crippen molar-refractivity contribution in [3.05, 3.63) is 119 Å². The number of hydrogen-bond acceptors (Lipinski definition) is 2. The maximum Gasteiger partial charge on any atom is 0.0411 e. The zero-order valence-corrected chi connectivity index (χ0v) is 29.5. The van der Waals surface area contributed by atoms with Crippen LogP contribution >= 0.6 is 0 Å². The lowest BCUT2D eigenvalue weighted by Crippen LogP contribution is -2.30. The van der Waals surface area contributed by atoms with E-state index < -0.39 is 0 Å². The molecule has 0 heterocycles. The van der Waals surface area contributed by atoms with E-state index in [1.54, 1.807) is 0 Å². The summed E-state index contributed by atoms with van der Waals surface area (Å²) < 4.78 is 0. The Morgan fingerprint density at radius 1 is 0.295 bits per heavy atom. The van der Waals surface area contributed by atoms with Gasteiger partial charge in [-0.1, -0.05) is 132 Å². The van der Waals surface area contributed by atoms with Crippen molar-refractivity contribution < 1.29 is 0 Å². The minimum atomic E-state index is 0.118. The molecule has 2 heteroatoms. The van der Waals surface area contributed by atoms with Crippen LogP contribution in [-0.2, 0) is 21.7 Å². The predicted molar refractivity (Wildman–Crippen MR) is 195 cm³/mol. The molecule has 0 N–H and O–H groups in total. The van der Waals surface area contributed by atoms with Gasteiger partial charge in [-0.15, -0.1) is 0 Å². The molecule has 0 aliphatic heterocycles. The Hall–Kier alpha value is -3.52. The highest BCUT2D eigenvalue weighted by Gasteiger charge is 2.21. The Kier molecular flexibility index (Phi) is 9.46. The van der Waals surface area contributed by atoms with Crippen molar-refractivity contribution in [3.63, 3.8) is 0 Å². The van der Waals surface area contributed by atoms with Crippen LogP contribution in [0.3, 0.4) is 0 Å². The van der Waals surface area contributed by atoms with Crippen LogP contribution < -0.4 is 9.80 Å². The summed E-state index contributed by atoms with van der Waals surface area (Å²) >= 11 is 0. The van der Waals surface area contributed by atoms with Gasteiger partial charge in [0.05, 0.1) is 0 Å². The van der Waals surface area contributed by atoms with E-state index in [0.29, 0.717) is 0 Å². The lowest BCUT2D eigenvalue weighted by molar-refractivity contribution is 0.589. The highest BCUT2D eigenvalue weighted by Crippen LogP contribution is 2.34. The fourth-order valence-electron chi connectivity index (χ4n) is 5.58. The molecule has 0 aromatic heterocycles. The highest BCUT2D eigenvalue weighted by atomic mass is 15.2. The molecule has 0 aliphatic rings. The van der Waals surface area contributed by atoms with E-state index in [1.807, 2.05) is 0 Å². The molecule has 0 fully saturated rings. The first kappa shape index (κ1) is 33.4. The third kappa shape index (κ3) is 8.14. The highest BCUT2D eigenvalue weighted by molar-refractivity contribution is 5.67. The Labute approximate surface area is 269 Å². The number of nitrogens with zero attached hydrogens (tertiary/aromatic N) is 2. The minimum absolute atomic E-state index is 0.118. The van der Waals surface area contributed by atoms with Crippen LogP contribution in [0.4, 0.5) is 22.7 Å². The Bertz CT molecular complexity index is 1250. The first-order valence-electron chi connectivity index (χ1n) is 16.3. The van der Waals surface area contributed by atoms with Gasteiger partial charge in [0.1, 0.15) is 0 Å².